The van der Waals surface area contributed by atoms with Gasteiger partial charge in [0.05, 0.1) is 17.8 Å². The van der Waals surface area contributed by atoms with Gasteiger partial charge in [-0.15, -0.1) is 11.3 Å². The summed E-state index contributed by atoms with van der Waals surface area (Å²) in [5, 5.41) is 3.34. The van der Waals surface area contributed by atoms with Crippen LogP contribution in [-0.2, 0) is 14.3 Å². The van der Waals surface area contributed by atoms with Gasteiger partial charge in [0.1, 0.15) is 4.83 Å². The Kier molecular flexibility index (Phi) is 6.12. The minimum absolute atomic E-state index is 0.0301. The van der Waals surface area contributed by atoms with Crippen molar-refractivity contribution < 1.29 is 14.3 Å². The standard InChI is InChI=1S/C21H23N3O4S/c1-11-13(3)29-21-18(11)20(27)23-19(24-21)12(2)28-17(26)10-16(22-14(4)25)15-8-6-5-7-9-15/h5-9,12,16H,10H2,1-4H3,(H,22,25)(H,23,24,27)/t12-,16-/m0/s1. The molecule has 1 amide bonds. The van der Waals surface area contributed by atoms with Gasteiger partial charge >= 0.3 is 5.97 Å². The van der Waals surface area contributed by atoms with Gasteiger partial charge in [0, 0.05) is 11.8 Å². The van der Waals surface area contributed by atoms with E-state index in [-0.39, 0.29) is 17.9 Å². The van der Waals surface area contributed by atoms with Crippen molar-refractivity contribution in [3.63, 3.8) is 0 Å². The van der Waals surface area contributed by atoms with Gasteiger partial charge in [-0.05, 0) is 31.9 Å². The molecule has 29 heavy (non-hydrogen) atoms. The predicted molar refractivity (Wildman–Crippen MR) is 112 cm³/mol. The Balaban J connectivity index is 1.76. The van der Waals surface area contributed by atoms with Crippen molar-refractivity contribution in [2.45, 2.75) is 46.3 Å². The zero-order valence-corrected chi connectivity index (χ0v) is 17.6. The second kappa shape index (κ2) is 8.57. The third-order valence-electron chi connectivity index (χ3n) is 4.70. The molecule has 0 radical (unpaired) electrons. The fourth-order valence-electron chi connectivity index (χ4n) is 3.11. The number of nitrogens with zero attached hydrogens (tertiary/aromatic N) is 1. The number of aryl methyl sites for hydroxylation is 2. The maximum Gasteiger partial charge on any atom is 0.308 e. The Bertz CT molecular complexity index is 1100. The first kappa shape index (κ1) is 20.7. The maximum atomic E-state index is 12.5. The molecule has 0 unspecified atom stereocenters. The topological polar surface area (TPSA) is 101 Å². The minimum atomic E-state index is -0.726. The third kappa shape index (κ3) is 4.71. The van der Waals surface area contributed by atoms with E-state index in [1.54, 1.807) is 6.92 Å². The van der Waals surface area contributed by atoms with Crippen molar-refractivity contribution in [2.24, 2.45) is 0 Å². The third-order valence-corrected chi connectivity index (χ3v) is 5.80. The zero-order valence-electron chi connectivity index (χ0n) is 16.7. The van der Waals surface area contributed by atoms with Crippen LogP contribution in [0.1, 0.15) is 54.2 Å². The van der Waals surface area contributed by atoms with E-state index in [1.165, 1.54) is 18.3 Å². The van der Waals surface area contributed by atoms with Gasteiger partial charge in [0.2, 0.25) is 5.91 Å². The number of esters is 1. The molecule has 0 aliphatic carbocycles. The maximum absolute atomic E-state index is 12.5. The first-order valence-corrected chi connectivity index (χ1v) is 10.1. The van der Waals surface area contributed by atoms with Crippen molar-refractivity contribution in [3.8, 4) is 0 Å². The summed E-state index contributed by atoms with van der Waals surface area (Å²) in [5.74, 6) is -0.436. The number of carbonyl (C=O) groups is 2. The van der Waals surface area contributed by atoms with Gasteiger partial charge in [-0.3, -0.25) is 14.4 Å². The molecule has 152 valence electrons. The molecule has 2 aromatic heterocycles. The number of rotatable bonds is 6. The van der Waals surface area contributed by atoms with Crippen molar-refractivity contribution >= 4 is 33.4 Å². The van der Waals surface area contributed by atoms with Gasteiger partial charge < -0.3 is 15.0 Å². The molecule has 3 rings (SSSR count). The smallest absolute Gasteiger partial charge is 0.308 e. The SMILES string of the molecule is CC(=O)N[C@@H](CC(=O)O[C@@H](C)c1nc2sc(C)c(C)c2c(=O)[nH]1)c1ccccc1. The van der Waals surface area contributed by atoms with E-state index in [0.717, 1.165) is 16.0 Å². The Hall–Kier alpha value is -3.00. The van der Waals surface area contributed by atoms with Crippen LogP contribution in [-0.4, -0.2) is 21.8 Å². The molecule has 3 aromatic rings. The van der Waals surface area contributed by atoms with E-state index < -0.39 is 18.1 Å². The van der Waals surface area contributed by atoms with Gasteiger partial charge in [-0.2, -0.15) is 0 Å². The molecule has 8 heteroatoms. The van der Waals surface area contributed by atoms with E-state index in [0.29, 0.717) is 16.0 Å². The van der Waals surface area contributed by atoms with Crippen LogP contribution in [0.15, 0.2) is 35.1 Å². The van der Waals surface area contributed by atoms with Gasteiger partial charge in [-0.1, -0.05) is 30.3 Å². The lowest BCUT2D eigenvalue weighted by Gasteiger charge is -2.19. The van der Waals surface area contributed by atoms with Crippen LogP contribution in [0.5, 0.6) is 0 Å². The quantitative estimate of drug-likeness (QED) is 0.603. The summed E-state index contributed by atoms with van der Waals surface area (Å²) in [6.45, 7) is 6.89. The van der Waals surface area contributed by atoms with Gasteiger partial charge in [0.25, 0.3) is 5.56 Å². The number of H-pyrrole nitrogens is 1. The van der Waals surface area contributed by atoms with Crippen molar-refractivity contribution in [1.82, 2.24) is 15.3 Å². The number of fused-ring (bicyclic) bond motifs is 1. The van der Waals surface area contributed by atoms with Crippen molar-refractivity contribution in [3.05, 3.63) is 62.5 Å². The Morgan fingerprint density at radius 2 is 1.93 bits per heavy atom. The van der Waals surface area contributed by atoms with Crippen LogP contribution >= 0.6 is 11.3 Å². The Morgan fingerprint density at radius 1 is 1.24 bits per heavy atom. The highest BCUT2D eigenvalue weighted by Gasteiger charge is 2.22. The molecule has 7 nitrogen and oxygen atoms in total. The molecule has 0 aliphatic rings. The number of ether oxygens (including phenoxy) is 1. The van der Waals surface area contributed by atoms with E-state index in [2.05, 4.69) is 15.3 Å². The summed E-state index contributed by atoms with van der Waals surface area (Å²) in [6.07, 6.45) is -0.756. The fourth-order valence-corrected chi connectivity index (χ4v) is 4.15. The van der Waals surface area contributed by atoms with E-state index in [9.17, 15) is 14.4 Å². The Labute approximate surface area is 172 Å². The second-order valence-electron chi connectivity index (χ2n) is 6.91. The summed E-state index contributed by atoms with van der Waals surface area (Å²) in [6, 6.07) is 8.73. The van der Waals surface area contributed by atoms with Gasteiger partial charge in [0.15, 0.2) is 11.9 Å². The summed E-state index contributed by atoms with van der Waals surface area (Å²) in [5.41, 5.74) is 1.48. The summed E-state index contributed by atoms with van der Waals surface area (Å²) < 4.78 is 5.49. The summed E-state index contributed by atoms with van der Waals surface area (Å²) >= 11 is 1.44. The molecule has 0 spiro atoms. The minimum Gasteiger partial charge on any atom is -0.454 e. The highest BCUT2D eigenvalue weighted by atomic mass is 32.1. The molecule has 0 fully saturated rings. The Morgan fingerprint density at radius 3 is 2.59 bits per heavy atom. The van der Waals surface area contributed by atoms with Crippen LogP contribution < -0.4 is 10.9 Å². The lowest BCUT2D eigenvalue weighted by atomic mass is 10.0. The fraction of sp³-hybridized carbons (Fsp3) is 0.333. The molecule has 2 heterocycles. The predicted octanol–water partition coefficient (Wildman–Crippen LogP) is 3.47. The van der Waals surface area contributed by atoms with E-state index in [1.807, 2.05) is 44.2 Å². The lowest BCUT2D eigenvalue weighted by molar-refractivity contribution is -0.149. The van der Waals surface area contributed by atoms with Crippen LogP contribution in [0.2, 0.25) is 0 Å². The van der Waals surface area contributed by atoms with Crippen LogP contribution in [0.4, 0.5) is 0 Å². The number of hydrogen-bond acceptors (Lipinski definition) is 6. The number of aromatic amines is 1. The first-order chi connectivity index (χ1) is 13.8. The van der Waals surface area contributed by atoms with Crippen molar-refractivity contribution in [1.29, 1.82) is 0 Å². The summed E-state index contributed by atoms with van der Waals surface area (Å²) in [7, 11) is 0. The normalized spacial score (nSPS) is 13.1. The van der Waals surface area contributed by atoms with Gasteiger partial charge in [-0.25, -0.2) is 4.98 Å². The van der Waals surface area contributed by atoms with Crippen molar-refractivity contribution in [2.75, 3.05) is 0 Å². The van der Waals surface area contributed by atoms with E-state index in [4.69, 9.17) is 4.74 Å². The van der Waals surface area contributed by atoms with Crippen LogP contribution in [0, 0.1) is 13.8 Å². The first-order valence-electron chi connectivity index (χ1n) is 9.27. The molecule has 0 aliphatic heterocycles. The number of amides is 1. The number of nitrogens with one attached hydrogen (secondary N) is 2. The largest absolute Gasteiger partial charge is 0.454 e. The molecule has 1 aromatic carbocycles. The zero-order chi connectivity index (χ0) is 21.1. The van der Waals surface area contributed by atoms with Crippen LogP contribution in [0.25, 0.3) is 10.2 Å². The lowest BCUT2D eigenvalue weighted by Crippen LogP contribution is -2.29. The average Bonchev–Trinajstić information content (AvgIpc) is 2.95. The average molecular weight is 413 g/mol. The number of aromatic nitrogens is 2. The highest BCUT2D eigenvalue weighted by Crippen LogP contribution is 2.27. The molecule has 2 atom stereocenters. The second-order valence-corrected chi connectivity index (χ2v) is 8.12. The molecule has 0 saturated heterocycles. The molecule has 0 bridgehead atoms. The number of benzene rings is 1. The van der Waals surface area contributed by atoms with E-state index >= 15 is 0 Å². The molecule has 2 N–H and O–H groups in total. The molecular weight excluding hydrogens is 390 g/mol. The molecular formula is C21H23N3O4S. The monoisotopic (exact) mass is 413 g/mol. The highest BCUT2D eigenvalue weighted by molar-refractivity contribution is 7.18. The summed E-state index contributed by atoms with van der Waals surface area (Å²) in [4.78, 5) is 45.3. The number of hydrogen-bond donors (Lipinski definition) is 2. The van der Waals surface area contributed by atoms with Crippen LogP contribution in [0.3, 0.4) is 0 Å². The molecule has 0 saturated carbocycles. The number of thiophene rings is 1. The number of carbonyl (C=O) groups excluding carboxylic acids is 2.